The third-order valence-electron chi connectivity index (χ3n) is 11.2. The van der Waals surface area contributed by atoms with E-state index in [2.05, 4.69) is 47.0 Å². The van der Waals surface area contributed by atoms with Gasteiger partial charge in [0.2, 0.25) is 5.91 Å². The van der Waals surface area contributed by atoms with Crippen LogP contribution in [0, 0.1) is 17.3 Å². The van der Waals surface area contributed by atoms with Crippen LogP contribution in [0.4, 0.5) is 23.7 Å². The smallest absolute Gasteiger partial charge is 0.404 e. The van der Waals surface area contributed by atoms with Crippen molar-refractivity contribution >= 4 is 24.7 Å². The molecule has 5 aliphatic rings. The molecule has 1 saturated heterocycles. The van der Waals surface area contributed by atoms with Crippen molar-refractivity contribution in [2.75, 3.05) is 5.32 Å². The number of hydrogen-bond donors (Lipinski definition) is 4. The van der Waals surface area contributed by atoms with Gasteiger partial charge in [-0.25, -0.2) is 9.78 Å². The molecule has 7 atom stereocenters. The van der Waals surface area contributed by atoms with Crippen molar-refractivity contribution in [3.05, 3.63) is 57.8 Å². The minimum absolute atomic E-state index is 0.00273. The molecule has 3 amide bonds. The summed E-state index contributed by atoms with van der Waals surface area (Å²) in [7, 11) is -0.670. The van der Waals surface area contributed by atoms with Crippen molar-refractivity contribution < 1.29 is 32.1 Å². The van der Waals surface area contributed by atoms with Crippen molar-refractivity contribution in [2.45, 2.75) is 122 Å². The highest BCUT2D eigenvalue weighted by Gasteiger charge is 2.67. The minimum Gasteiger partial charge on any atom is -0.404 e. The molecule has 4 N–H and O–H groups in total. The van der Waals surface area contributed by atoms with E-state index in [1.807, 2.05) is 20.8 Å². The molecule has 3 saturated carbocycles. The summed E-state index contributed by atoms with van der Waals surface area (Å²) in [5.74, 6) is 0.140. The number of amides is 3. The second-order valence-corrected chi connectivity index (χ2v) is 15.5. The van der Waals surface area contributed by atoms with E-state index in [4.69, 9.17) is 9.31 Å². The van der Waals surface area contributed by atoms with E-state index in [0.29, 0.717) is 23.8 Å². The minimum atomic E-state index is -4.51. The van der Waals surface area contributed by atoms with Crippen molar-refractivity contribution in [3.63, 3.8) is 0 Å². The highest BCUT2D eigenvalue weighted by molar-refractivity contribution is 6.47. The van der Waals surface area contributed by atoms with Gasteiger partial charge in [0.25, 0.3) is 5.56 Å². The lowest BCUT2D eigenvalue weighted by atomic mass is 9.45. The zero-order valence-electron chi connectivity index (χ0n) is 29.0. The molecule has 4 fully saturated rings. The Morgan fingerprint density at radius 3 is 2.53 bits per heavy atom. The van der Waals surface area contributed by atoms with Gasteiger partial charge in [0.05, 0.1) is 34.9 Å². The molecule has 7 rings (SSSR count). The Morgan fingerprint density at radius 2 is 1.88 bits per heavy atom. The first-order chi connectivity index (χ1) is 22.9. The van der Waals surface area contributed by atoms with Crippen LogP contribution in [0.1, 0.15) is 97.1 Å². The van der Waals surface area contributed by atoms with Crippen LogP contribution in [0.3, 0.4) is 0 Å². The maximum atomic E-state index is 14.2. The molecule has 1 aromatic heterocycles. The molecular weight excluding hydrogens is 640 g/mol. The summed E-state index contributed by atoms with van der Waals surface area (Å²) in [6, 6.07) is 3.09. The second-order valence-electron chi connectivity index (χ2n) is 15.5. The van der Waals surface area contributed by atoms with Gasteiger partial charge < -0.3 is 30.6 Å². The average molecular weight is 687 g/mol. The van der Waals surface area contributed by atoms with Crippen LogP contribution in [-0.2, 0) is 32.4 Å². The summed E-state index contributed by atoms with van der Waals surface area (Å²) in [6.07, 6.45) is -0.785. The van der Waals surface area contributed by atoms with Crippen LogP contribution < -0.4 is 26.8 Å². The summed E-state index contributed by atoms with van der Waals surface area (Å²) < 4.78 is 54.2. The molecule has 2 unspecified atom stereocenters. The monoisotopic (exact) mass is 686 g/mol. The normalized spacial score (nSPS) is 30.2. The van der Waals surface area contributed by atoms with E-state index < -0.39 is 59.5 Å². The third-order valence-corrected chi connectivity index (χ3v) is 11.2. The van der Waals surface area contributed by atoms with Crippen molar-refractivity contribution in [2.24, 2.45) is 17.3 Å². The quantitative estimate of drug-likeness (QED) is 0.276. The zero-order chi connectivity index (χ0) is 35.7. The highest BCUT2D eigenvalue weighted by Crippen LogP contribution is 2.64. The van der Waals surface area contributed by atoms with E-state index in [1.165, 1.54) is 22.9 Å². The molecule has 49 heavy (non-hydrogen) atoms. The molecule has 1 aromatic carbocycles. The number of alkyl halides is 3. The van der Waals surface area contributed by atoms with Crippen LogP contribution >= 0.6 is 0 Å². The first kappa shape index (κ1) is 35.2. The van der Waals surface area contributed by atoms with Crippen molar-refractivity contribution in [3.8, 4) is 0 Å². The van der Waals surface area contributed by atoms with Gasteiger partial charge in [0.15, 0.2) is 0 Å². The Labute approximate surface area is 284 Å². The van der Waals surface area contributed by atoms with Gasteiger partial charge in [-0.15, -0.1) is 0 Å². The number of anilines is 1. The number of fused-ring (bicyclic) bond motifs is 1. The number of carbonyl (C=O) groups is 2. The topological polar surface area (TPSA) is 136 Å². The lowest BCUT2D eigenvalue weighted by Crippen LogP contribution is -2.63. The van der Waals surface area contributed by atoms with Gasteiger partial charge >= 0.3 is 19.3 Å². The van der Waals surface area contributed by atoms with Crippen LogP contribution in [-0.4, -0.2) is 52.3 Å². The first-order valence-corrected chi connectivity index (χ1v) is 17.1. The molecule has 3 aliphatic carbocycles. The third kappa shape index (κ3) is 6.32. The Hall–Kier alpha value is -3.59. The van der Waals surface area contributed by atoms with Crippen LogP contribution in [0.2, 0.25) is 0 Å². The second kappa shape index (κ2) is 12.3. The maximum absolute atomic E-state index is 14.2. The molecule has 266 valence electrons. The number of nitrogens with one attached hydrogen (secondary N) is 4. The number of rotatable bonds is 9. The van der Waals surface area contributed by atoms with Gasteiger partial charge in [0, 0.05) is 19.0 Å². The molecule has 2 aliphatic heterocycles. The summed E-state index contributed by atoms with van der Waals surface area (Å²) >= 11 is 0. The van der Waals surface area contributed by atoms with Crippen LogP contribution in [0.25, 0.3) is 0 Å². The Morgan fingerprint density at radius 1 is 1.14 bits per heavy atom. The number of halogens is 3. The van der Waals surface area contributed by atoms with Gasteiger partial charge in [-0.05, 0) is 81.9 Å². The van der Waals surface area contributed by atoms with Gasteiger partial charge in [-0.2, -0.15) is 13.2 Å². The summed E-state index contributed by atoms with van der Waals surface area (Å²) in [5, 5.41) is 11.7. The van der Waals surface area contributed by atoms with E-state index in [0.717, 1.165) is 25.0 Å². The zero-order valence-corrected chi connectivity index (χ0v) is 29.0. The SMILES string of the molecule is CC[C@H](NC(=O)[C@@H]1C[C@@](C)(NC(=O)NC(C)C)c2ncc(NCc3cccc(C(F)(F)F)c3)c(=O)n21)B1O[C@@H]2C3CC(C[C@]2(C)O1)C3(C)C. The molecule has 3 heterocycles. The number of nitrogens with zero attached hydrogens (tertiary/aromatic N) is 2. The summed E-state index contributed by atoms with van der Waals surface area (Å²) in [5.41, 5.74) is -2.55. The molecule has 0 spiro atoms. The highest BCUT2D eigenvalue weighted by atomic mass is 19.4. The van der Waals surface area contributed by atoms with Crippen molar-refractivity contribution in [1.29, 1.82) is 0 Å². The van der Waals surface area contributed by atoms with Crippen molar-refractivity contribution in [1.82, 2.24) is 25.5 Å². The molecule has 15 heteroatoms. The average Bonchev–Trinajstić information content (AvgIpc) is 3.53. The number of hydrogen-bond acceptors (Lipinski definition) is 7. The van der Waals surface area contributed by atoms with Crippen LogP contribution in [0.5, 0.6) is 0 Å². The summed E-state index contributed by atoms with van der Waals surface area (Å²) in [4.78, 5) is 45.6. The number of benzene rings is 1. The lowest BCUT2D eigenvalue weighted by Gasteiger charge is -2.63. The predicted octanol–water partition coefficient (Wildman–Crippen LogP) is 4.90. The Kier molecular flexibility index (Phi) is 8.87. The largest absolute Gasteiger partial charge is 0.481 e. The number of urea groups is 1. The first-order valence-electron chi connectivity index (χ1n) is 17.1. The fourth-order valence-electron chi connectivity index (χ4n) is 8.34. The number of aromatic nitrogens is 2. The maximum Gasteiger partial charge on any atom is 0.481 e. The van der Waals surface area contributed by atoms with E-state index in [-0.39, 0.29) is 42.0 Å². The van der Waals surface area contributed by atoms with E-state index >= 15 is 0 Å². The van der Waals surface area contributed by atoms with Gasteiger partial charge in [-0.3, -0.25) is 14.2 Å². The van der Waals surface area contributed by atoms with Gasteiger partial charge in [-0.1, -0.05) is 32.9 Å². The van der Waals surface area contributed by atoms with Crippen LogP contribution in [0.15, 0.2) is 35.3 Å². The van der Waals surface area contributed by atoms with Gasteiger partial charge in [0.1, 0.15) is 17.6 Å². The Bertz CT molecular complexity index is 1690. The van der Waals surface area contributed by atoms with E-state index in [1.54, 1.807) is 6.92 Å². The lowest BCUT2D eigenvalue weighted by molar-refractivity contribution is -0.185. The molecule has 2 aromatic rings. The fraction of sp³-hybridized carbons (Fsp3) is 0.647. The van der Waals surface area contributed by atoms with E-state index in [9.17, 15) is 27.6 Å². The number of carbonyl (C=O) groups excluding carboxylic acids is 2. The molecule has 11 nitrogen and oxygen atoms in total. The molecule has 0 radical (unpaired) electrons. The molecular formula is C34H46BF3N6O5. The standard InChI is InChI=1S/C34H46BF3N6O5/c1-8-25(35-48-26-22-13-21(31(22,4)5)14-33(26,7)49-35)42-27(45)24-15-32(6,43-30(47)41-18(2)3)29-40-17-23(28(46)44(24)29)39-16-19-10-9-11-20(12-19)34(36,37)38/h9-12,17-18,21-22,24-26,39H,8,13-16H2,1-7H3,(H,42,45)(H2,41,43,47)/t21?,22?,24-,25-,26+,32+,33-/m0/s1. The fourth-order valence-corrected chi connectivity index (χ4v) is 8.34. The molecule has 2 bridgehead atoms. The predicted molar refractivity (Wildman–Crippen MR) is 177 cm³/mol. The summed E-state index contributed by atoms with van der Waals surface area (Å²) in [6.45, 7) is 13.8. The Balaban J connectivity index is 1.25.